The predicted molar refractivity (Wildman–Crippen MR) is 45.5 cm³/mol. The van der Waals surface area contributed by atoms with Crippen molar-refractivity contribution in [3.8, 4) is 11.4 Å². The molecule has 0 saturated heterocycles. The Balaban J connectivity index is 0.000000845. The summed E-state index contributed by atoms with van der Waals surface area (Å²) in [7, 11) is 0. The number of pyridine rings is 1. The first-order valence-electron chi connectivity index (χ1n) is 3.75. The Morgan fingerprint density at radius 2 is 2.15 bits per heavy atom. The van der Waals surface area contributed by atoms with Gasteiger partial charge in [0.25, 0.3) is 0 Å². The molecule has 4 heteroatoms. The van der Waals surface area contributed by atoms with Crippen LogP contribution in [0.25, 0.3) is 11.4 Å². The van der Waals surface area contributed by atoms with Crippen LogP contribution in [0.15, 0.2) is 30.5 Å². The van der Waals surface area contributed by atoms with Crippen LogP contribution in [-0.4, -0.2) is 10.1 Å². The molecule has 0 aliphatic heterocycles. The monoisotopic (exact) mass is 351 g/mol. The van der Waals surface area contributed by atoms with Gasteiger partial charge in [-0.25, -0.2) is 0 Å². The molecule has 0 N–H and O–H groups in total. The first-order valence-corrected chi connectivity index (χ1v) is 3.75. The molecule has 0 bridgehead atoms. The third-order valence-corrected chi connectivity index (χ3v) is 1.59. The molecule has 2 aromatic heterocycles. The Hall–Kier alpha value is -0.991. The van der Waals surface area contributed by atoms with Gasteiger partial charge in [-0.05, 0) is 19.1 Å². The number of hydrogen-bond acceptors (Lipinski definition) is 2. The van der Waals surface area contributed by atoms with E-state index in [9.17, 15) is 0 Å². The van der Waals surface area contributed by atoms with Gasteiger partial charge in [0, 0.05) is 37.7 Å². The van der Waals surface area contributed by atoms with Gasteiger partial charge in [0.05, 0.1) is 0 Å². The average Bonchev–Trinajstić information content (AvgIpc) is 2.54. The Kier molecular flexibility index (Phi) is 3.34. The molecule has 69 valence electrons. The van der Waals surface area contributed by atoms with E-state index in [1.54, 1.807) is 6.20 Å². The molecule has 13 heavy (non-hydrogen) atoms. The molecule has 2 heterocycles. The first-order chi connectivity index (χ1) is 5.86. The summed E-state index contributed by atoms with van der Waals surface area (Å²) in [5.74, 6) is 0. The van der Waals surface area contributed by atoms with Crippen molar-refractivity contribution in [2.24, 2.45) is 0 Å². The maximum atomic E-state index is 4.16. The third-order valence-electron chi connectivity index (χ3n) is 1.59. The molecule has 0 aromatic carbocycles. The molecule has 0 spiro atoms. The maximum absolute atomic E-state index is 4.16. The fraction of sp³-hybridized carbons (Fsp3) is 0.111. The summed E-state index contributed by atoms with van der Waals surface area (Å²) in [5, 5.41) is 7.88. The van der Waals surface area contributed by atoms with Crippen LogP contribution in [0.2, 0.25) is 0 Å². The fourth-order valence-electron chi connectivity index (χ4n) is 1.03. The normalized spacial score (nSPS) is 9.31. The molecule has 0 aliphatic rings. The Bertz CT molecular complexity index is 369. The smallest absolute Gasteiger partial charge is 0.0494 e. The van der Waals surface area contributed by atoms with Crippen LogP contribution in [0, 0.1) is 6.92 Å². The molecule has 1 radical (unpaired) electrons. The standard InChI is InChI=1S/C9H8N3.Ir/c1-7-6-9(12-11-7)8-4-2-3-5-10-8;/h2-6H,1H3;/q-1;. The number of hydrogen-bond donors (Lipinski definition) is 0. The Labute approximate surface area is 89.9 Å². The van der Waals surface area contributed by atoms with Crippen LogP contribution in [0.3, 0.4) is 0 Å². The summed E-state index contributed by atoms with van der Waals surface area (Å²) in [4.78, 5) is 4.16. The van der Waals surface area contributed by atoms with Crippen LogP contribution in [0.5, 0.6) is 0 Å². The zero-order chi connectivity index (χ0) is 8.39. The topological polar surface area (TPSA) is 39.9 Å². The van der Waals surface area contributed by atoms with Crippen molar-refractivity contribution in [3.63, 3.8) is 0 Å². The SMILES string of the molecule is Cc1cc(-c2ccccn2)[n-]n1.[Ir]. The van der Waals surface area contributed by atoms with E-state index in [1.165, 1.54) is 0 Å². The third kappa shape index (κ3) is 2.23. The summed E-state index contributed by atoms with van der Waals surface area (Å²) in [6.45, 7) is 1.92. The van der Waals surface area contributed by atoms with E-state index in [0.717, 1.165) is 17.1 Å². The van der Waals surface area contributed by atoms with E-state index in [-0.39, 0.29) is 20.1 Å². The van der Waals surface area contributed by atoms with Crippen LogP contribution in [-0.2, 0) is 20.1 Å². The van der Waals surface area contributed by atoms with Crippen molar-refractivity contribution < 1.29 is 20.1 Å². The second-order valence-corrected chi connectivity index (χ2v) is 2.59. The number of aromatic nitrogens is 3. The van der Waals surface area contributed by atoms with Crippen LogP contribution in [0.1, 0.15) is 5.69 Å². The first kappa shape index (κ1) is 10.1. The number of rotatable bonds is 1. The van der Waals surface area contributed by atoms with Crippen molar-refractivity contribution in [2.45, 2.75) is 6.92 Å². The Morgan fingerprint density at radius 1 is 1.31 bits per heavy atom. The molecule has 0 unspecified atom stereocenters. The molecule has 0 saturated carbocycles. The van der Waals surface area contributed by atoms with Crippen molar-refractivity contribution in [1.82, 2.24) is 15.2 Å². The molecular weight excluding hydrogens is 342 g/mol. The van der Waals surface area contributed by atoms with Gasteiger partial charge < -0.3 is 10.2 Å². The van der Waals surface area contributed by atoms with E-state index >= 15 is 0 Å². The zero-order valence-corrected chi connectivity index (χ0v) is 9.46. The number of aryl methyl sites for hydroxylation is 1. The molecule has 2 aromatic rings. The van der Waals surface area contributed by atoms with Crippen molar-refractivity contribution in [2.75, 3.05) is 0 Å². The van der Waals surface area contributed by atoms with Crippen molar-refractivity contribution in [1.29, 1.82) is 0 Å². The number of nitrogens with zero attached hydrogens (tertiary/aromatic N) is 3. The van der Waals surface area contributed by atoms with E-state index in [0.29, 0.717) is 0 Å². The van der Waals surface area contributed by atoms with Gasteiger partial charge in [0.1, 0.15) is 0 Å². The van der Waals surface area contributed by atoms with E-state index in [4.69, 9.17) is 0 Å². The van der Waals surface area contributed by atoms with E-state index in [1.807, 2.05) is 31.2 Å². The van der Waals surface area contributed by atoms with Gasteiger partial charge >= 0.3 is 0 Å². The van der Waals surface area contributed by atoms with Gasteiger partial charge in [-0.1, -0.05) is 17.8 Å². The molecule has 0 atom stereocenters. The van der Waals surface area contributed by atoms with Gasteiger partial charge in [0.2, 0.25) is 0 Å². The summed E-state index contributed by atoms with van der Waals surface area (Å²) in [6, 6.07) is 7.66. The largest absolute Gasteiger partial charge is 0.574 e. The van der Waals surface area contributed by atoms with Crippen LogP contribution in [0.4, 0.5) is 0 Å². The minimum atomic E-state index is 0. The summed E-state index contributed by atoms with van der Waals surface area (Å²) >= 11 is 0. The molecule has 2 rings (SSSR count). The quantitative estimate of drug-likeness (QED) is 0.781. The molecule has 0 amide bonds. The van der Waals surface area contributed by atoms with E-state index in [2.05, 4.69) is 15.2 Å². The zero-order valence-electron chi connectivity index (χ0n) is 7.06. The fourth-order valence-corrected chi connectivity index (χ4v) is 1.03. The second-order valence-electron chi connectivity index (χ2n) is 2.59. The van der Waals surface area contributed by atoms with Gasteiger partial charge in [-0.2, -0.15) is 0 Å². The second kappa shape index (κ2) is 4.30. The molecule has 3 nitrogen and oxygen atoms in total. The van der Waals surface area contributed by atoms with Crippen LogP contribution >= 0.6 is 0 Å². The average molecular weight is 350 g/mol. The van der Waals surface area contributed by atoms with Crippen molar-refractivity contribution in [3.05, 3.63) is 36.2 Å². The Morgan fingerprint density at radius 3 is 2.69 bits per heavy atom. The van der Waals surface area contributed by atoms with Gasteiger partial charge in [-0.15, -0.1) is 0 Å². The summed E-state index contributed by atoms with van der Waals surface area (Å²) in [5.41, 5.74) is 2.64. The predicted octanol–water partition coefficient (Wildman–Crippen LogP) is 1.41. The van der Waals surface area contributed by atoms with Gasteiger partial charge in [-0.3, -0.25) is 4.98 Å². The maximum Gasteiger partial charge on any atom is 0.0494 e. The molecule has 0 fully saturated rings. The van der Waals surface area contributed by atoms with Crippen molar-refractivity contribution >= 4 is 0 Å². The van der Waals surface area contributed by atoms with E-state index < -0.39 is 0 Å². The minimum Gasteiger partial charge on any atom is -0.574 e. The summed E-state index contributed by atoms with van der Waals surface area (Å²) < 4.78 is 0. The van der Waals surface area contributed by atoms with Gasteiger partial charge in [0.15, 0.2) is 0 Å². The molecular formula is C9H8IrN3-. The minimum absolute atomic E-state index is 0. The van der Waals surface area contributed by atoms with Crippen LogP contribution < -0.4 is 5.10 Å². The summed E-state index contributed by atoms with van der Waals surface area (Å²) in [6.07, 6.45) is 1.75. The molecule has 0 aliphatic carbocycles.